The lowest BCUT2D eigenvalue weighted by Gasteiger charge is -2.33. The normalized spacial score (nSPS) is 19.5. The zero-order valence-electron chi connectivity index (χ0n) is 12.1. The van der Waals surface area contributed by atoms with Gasteiger partial charge in [0.2, 0.25) is 5.91 Å². The highest BCUT2D eigenvalue weighted by atomic mass is 19.1. The molecule has 0 spiro atoms. The van der Waals surface area contributed by atoms with Gasteiger partial charge in [0, 0.05) is 18.2 Å². The Morgan fingerprint density at radius 2 is 2.00 bits per heavy atom. The van der Waals surface area contributed by atoms with E-state index in [-0.39, 0.29) is 17.5 Å². The summed E-state index contributed by atoms with van der Waals surface area (Å²) >= 11 is 0. The molecule has 1 heterocycles. The Morgan fingerprint density at radius 3 is 2.57 bits per heavy atom. The summed E-state index contributed by atoms with van der Waals surface area (Å²) < 4.78 is 27.0. The molecule has 1 saturated heterocycles. The highest BCUT2D eigenvalue weighted by Crippen LogP contribution is 2.27. The third-order valence-corrected chi connectivity index (χ3v) is 3.74. The summed E-state index contributed by atoms with van der Waals surface area (Å²) in [5.74, 6) is -1.76. The van der Waals surface area contributed by atoms with Gasteiger partial charge in [-0.2, -0.15) is 0 Å². The van der Waals surface area contributed by atoms with Crippen LogP contribution in [0.3, 0.4) is 0 Å². The summed E-state index contributed by atoms with van der Waals surface area (Å²) in [6.07, 6.45) is 3.83. The summed E-state index contributed by atoms with van der Waals surface area (Å²) in [4.78, 5) is 13.7. The highest BCUT2D eigenvalue weighted by molar-refractivity contribution is 5.92. The molecule has 1 aromatic carbocycles. The van der Waals surface area contributed by atoms with Crippen LogP contribution in [-0.2, 0) is 4.79 Å². The minimum atomic E-state index is -0.997. The molecule has 0 radical (unpaired) electrons. The minimum Gasteiger partial charge on any atom is -0.388 e. The molecule has 3 nitrogen and oxygen atoms in total. The van der Waals surface area contributed by atoms with Crippen LogP contribution in [0.2, 0.25) is 0 Å². The van der Waals surface area contributed by atoms with Gasteiger partial charge in [0.25, 0.3) is 0 Å². The lowest BCUT2D eigenvalue weighted by molar-refractivity contribution is -0.131. The van der Waals surface area contributed by atoms with Crippen molar-refractivity contribution in [2.75, 3.05) is 6.54 Å². The van der Waals surface area contributed by atoms with Gasteiger partial charge in [0.05, 0.1) is 11.6 Å². The molecule has 0 aliphatic carbocycles. The molecule has 21 heavy (non-hydrogen) atoms. The SMILES string of the molecule is CC(C)(O)C1CCCN1C(=O)/C=C/c1c(F)cccc1F. The molecule has 1 fully saturated rings. The van der Waals surface area contributed by atoms with Gasteiger partial charge in [-0.15, -0.1) is 0 Å². The fourth-order valence-electron chi connectivity index (χ4n) is 2.69. The van der Waals surface area contributed by atoms with E-state index >= 15 is 0 Å². The largest absolute Gasteiger partial charge is 0.388 e. The van der Waals surface area contributed by atoms with Gasteiger partial charge < -0.3 is 10.0 Å². The van der Waals surface area contributed by atoms with Crippen molar-refractivity contribution in [2.45, 2.75) is 38.3 Å². The van der Waals surface area contributed by atoms with Crippen LogP contribution in [-0.4, -0.2) is 34.1 Å². The van der Waals surface area contributed by atoms with E-state index in [0.717, 1.165) is 37.1 Å². The van der Waals surface area contributed by atoms with Gasteiger partial charge in [0.15, 0.2) is 0 Å². The maximum atomic E-state index is 13.5. The number of amides is 1. The highest BCUT2D eigenvalue weighted by Gasteiger charge is 2.37. The molecule has 114 valence electrons. The van der Waals surface area contributed by atoms with E-state index in [1.807, 2.05) is 0 Å². The monoisotopic (exact) mass is 295 g/mol. The van der Waals surface area contributed by atoms with E-state index in [9.17, 15) is 18.7 Å². The van der Waals surface area contributed by atoms with Crippen LogP contribution in [0.5, 0.6) is 0 Å². The molecule has 0 bridgehead atoms. The number of rotatable bonds is 3. The van der Waals surface area contributed by atoms with Gasteiger partial charge in [-0.1, -0.05) is 6.07 Å². The molecular formula is C16H19F2NO2. The Bertz CT molecular complexity index is 544. The Labute approximate surface area is 122 Å². The predicted molar refractivity (Wildman–Crippen MR) is 76.4 cm³/mol. The first kappa shape index (κ1) is 15.6. The zero-order valence-corrected chi connectivity index (χ0v) is 12.1. The lowest BCUT2D eigenvalue weighted by atomic mass is 9.96. The molecule has 0 aromatic heterocycles. The summed E-state index contributed by atoms with van der Waals surface area (Å²) in [6.45, 7) is 3.85. The first-order chi connectivity index (χ1) is 9.80. The number of carbonyl (C=O) groups is 1. The topological polar surface area (TPSA) is 40.5 Å². The Morgan fingerprint density at radius 1 is 1.38 bits per heavy atom. The molecule has 0 saturated carbocycles. The number of carbonyl (C=O) groups excluding carboxylic acids is 1. The lowest BCUT2D eigenvalue weighted by Crippen LogP contribution is -2.47. The van der Waals surface area contributed by atoms with E-state index in [2.05, 4.69) is 0 Å². The van der Waals surface area contributed by atoms with E-state index < -0.39 is 17.2 Å². The third kappa shape index (κ3) is 3.47. The van der Waals surface area contributed by atoms with Gasteiger partial charge in [0.1, 0.15) is 11.6 Å². The smallest absolute Gasteiger partial charge is 0.246 e. The Hall–Kier alpha value is -1.75. The number of hydrogen-bond acceptors (Lipinski definition) is 2. The molecule has 1 unspecified atom stereocenters. The molecule has 5 heteroatoms. The van der Waals surface area contributed by atoms with Crippen molar-refractivity contribution in [3.63, 3.8) is 0 Å². The van der Waals surface area contributed by atoms with Crippen molar-refractivity contribution < 1.29 is 18.7 Å². The van der Waals surface area contributed by atoms with Crippen LogP contribution in [0.25, 0.3) is 6.08 Å². The molecule has 1 amide bonds. The number of nitrogens with zero attached hydrogens (tertiary/aromatic N) is 1. The zero-order chi connectivity index (χ0) is 15.6. The second-order valence-electron chi connectivity index (χ2n) is 5.81. The van der Waals surface area contributed by atoms with E-state index in [1.165, 1.54) is 6.07 Å². The average Bonchev–Trinajstić information content (AvgIpc) is 2.87. The minimum absolute atomic E-state index is 0.232. The van der Waals surface area contributed by atoms with Crippen molar-refractivity contribution in [1.82, 2.24) is 4.90 Å². The first-order valence-electron chi connectivity index (χ1n) is 6.96. The summed E-state index contributed by atoms with van der Waals surface area (Å²) in [5.41, 5.74) is -1.23. The van der Waals surface area contributed by atoms with Crippen LogP contribution in [0.1, 0.15) is 32.3 Å². The second kappa shape index (κ2) is 5.93. The standard InChI is InChI=1S/C16H19F2NO2/c1-16(2,21)14-7-4-10-19(14)15(20)9-8-11-12(17)5-3-6-13(11)18/h3,5-6,8-9,14,21H,4,7,10H2,1-2H3/b9-8+. The van der Waals surface area contributed by atoms with Crippen molar-refractivity contribution in [1.29, 1.82) is 0 Å². The third-order valence-electron chi connectivity index (χ3n) is 3.74. The van der Waals surface area contributed by atoms with Crippen molar-refractivity contribution in [2.24, 2.45) is 0 Å². The fraction of sp³-hybridized carbons (Fsp3) is 0.438. The van der Waals surface area contributed by atoms with Crippen molar-refractivity contribution in [3.05, 3.63) is 41.5 Å². The molecule has 1 N–H and O–H groups in total. The van der Waals surface area contributed by atoms with Crippen LogP contribution < -0.4 is 0 Å². The van der Waals surface area contributed by atoms with Crippen molar-refractivity contribution >= 4 is 12.0 Å². The number of halogens is 2. The first-order valence-corrected chi connectivity index (χ1v) is 6.96. The number of likely N-dealkylation sites (tertiary alicyclic amines) is 1. The number of hydrogen-bond donors (Lipinski definition) is 1. The predicted octanol–water partition coefficient (Wildman–Crippen LogP) is 2.74. The number of aliphatic hydroxyl groups is 1. The maximum absolute atomic E-state index is 13.5. The molecular weight excluding hydrogens is 276 g/mol. The molecule has 1 atom stereocenters. The van der Waals surface area contributed by atoms with Crippen molar-refractivity contribution in [3.8, 4) is 0 Å². The summed E-state index contributed by atoms with van der Waals surface area (Å²) in [5, 5.41) is 10.1. The van der Waals surface area contributed by atoms with Gasteiger partial charge in [-0.3, -0.25) is 4.79 Å². The maximum Gasteiger partial charge on any atom is 0.246 e. The van der Waals surface area contributed by atoms with Crippen LogP contribution >= 0.6 is 0 Å². The average molecular weight is 295 g/mol. The van der Waals surface area contributed by atoms with E-state index in [4.69, 9.17) is 0 Å². The van der Waals surface area contributed by atoms with Crippen LogP contribution in [0, 0.1) is 11.6 Å². The Balaban J connectivity index is 2.16. The number of benzene rings is 1. The fourth-order valence-corrected chi connectivity index (χ4v) is 2.69. The van der Waals surface area contributed by atoms with Crippen LogP contribution in [0.4, 0.5) is 8.78 Å². The molecule has 1 aliphatic rings. The quantitative estimate of drug-likeness (QED) is 0.871. The van der Waals surface area contributed by atoms with Gasteiger partial charge in [-0.25, -0.2) is 8.78 Å². The summed E-state index contributed by atoms with van der Waals surface area (Å²) in [6, 6.07) is 3.28. The van der Waals surface area contributed by atoms with Crippen LogP contribution in [0.15, 0.2) is 24.3 Å². The molecule has 1 aromatic rings. The second-order valence-corrected chi connectivity index (χ2v) is 5.81. The van der Waals surface area contributed by atoms with Gasteiger partial charge in [-0.05, 0) is 44.9 Å². The molecule has 2 rings (SSSR count). The molecule has 1 aliphatic heterocycles. The van der Waals surface area contributed by atoms with E-state index in [0.29, 0.717) is 6.54 Å². The van der Waals surface area contributed by atoms with Gasteiger partial charge >= 0.3 is 0 Å². The Kier molecular flexibility index (Phi) is 4.42. The van der Waals surface area contributed by atoms with E-state index in [1.54, 1.807) is 18.7 Å². The summed E-state index contributed by atoms with van der Waals surface area (Å²) in [7, 11) is 0.